The van der Waals surface area contributed by atoms with Gasteiger partial charge in [-0.05, 0) is 60.0 Å². The number of aromatic amines is 1. The Hall–Kier alpha value is -4.36. The Labute approximate surface area is 203 Å². The lowest BCUT2D eigenvalue weighted by Crippen LogP contribution is -2.23. The Morgan fingerprint density at radius 1 is 0.943 bits per heavy atom. The molecule has 174 valence electrons. The lowest BCUT2D eigenvalue weighted by atomic mass is 9.98. The SMILES string of the molecule is COC(=O)CNCc1cccc(-c2cncc(-c3cc(-c4cccc(C)n4)nc4[nH]ccc34)c2)c1. The van der Waals surface area contributed by atoms with Gasteiger partial charge in [-0.15, -0.1) is 0 Å². The van der Waals surface area contributed by atoms with Gasteiger partial charge in [-0.25, -0.2) is 4.98 Å². The fourth-order valence-corrected chi connectivity index (χ4v) is 4.08. The molecule has 5 rings (SSSR count). The molecule has 7 heteroatoms. The van der Waals surface area contributed by atoms with Crippen LogP contribution >= 0.6 is 0 Å². The van der Waals surface area contributed by atoms with Gasteiger partial charge in [0.1, 0.15) is 5.65 Å². The number of fused-ring (bicyclic) bond motifs is 1. The summed E-state index contributed by atoms with van der Waals surface area (Å²) in [4.78, 5) is 28.6. The van der Waals surface area contributed by atoms with Gasteiger partial charge < -0.3 is 15.0 Å². The van der Waals surface area contributed by atoms with Gasteiger partial charge in [0.05, 0.1) is 25.0 Å². The maximum Gasteiger partial charge on any atom is 0.319 e. The van der Waals surface area contributed by atoms with Crippen molar-refractivity contribution < 1.29 is 9.53 Å². The minimum Gasteiger partial charge on any atom is -0.468 e. The van der Waals surface area contributed by atoms with Crippen LogP contribution in [0.15, 0.2) is 79.3 Å². The summed E-state index contributed by atoms with van der Waals surface area (Å²) in [5.74, 6) is -0.285. The third-order valence-corrected chi connectivity index (χ3v) is 5.82. The smallest absolute Gasteiger partial charge is 0.319 e. The van der Waals surface area contributed by atoms with Crippen LogP contribution in [0.2, 0.25) is 0 Å². The zero-order valence-corrected chi connectivity index (χ0v) is 19.6. The summed E-state index contributed by atoms with van der Waals surface area (Å²) in [7, 11) is 1.38. The molecule has 0 aliphatic rings. The molecule has 1 aromatic carbocycles. The molecule has 0 bridgehead atoms. The lowest BCUT2D eigenvalue weighted by Gasteiger charge is -2.10. The molecule has 0 aliphatic heterocycles. The normalized spacial score (nSPS) is 11.0. The van der Waals surface area contributed by atoms with Crippen molar-refractivity contribution >= 4 is 17.0 Å². The number of methoxy groups -OCH3 is 1. The first kappa shape index (κ1) is 22.4. The second kappa shape index (κ2) is 9.87. The molecule has 7 nitrogen and oxygen atoms in total. The Kier molecular flexibility index (Phi) is 6.32. The number of esters is 1. The number of carbonyl (C=O) groups excluding carboxylic acids is 1. The van der Waals surface area contributed by atoms with Crippen molar-refractivity contribution in [2.45, 2.75) is 13.5 Å². The number of aromatic nitrogens is 4. The monoisotopic (exact) mass is 463 g/mol. The van der Waals surface area contributed by atoms with E-state index in [0.717, 1.165) is 55.9 Å². The molecule has 0 spiro atoms. The average molecular weight is 464 g/mol. The minimum atomic E-state index is -0.285. The molecular formula is C28H25N5O2. The highest BCUT2D eigenvalue weighted by atomic mass is 16.5. The number of carbonyl (C=O) groups is 1. The summed E-state index contributed by atoms with van der Waals surface area (Å²) < 4.78 is 4.68. The number of hydrogen-bond donors (Lipinski definition) is 2. The highest BCUT2D eigenvalue weighted by molar-refractivity contribution is 5.95. The molecule has 2 N–H and O–H groups in total. The second-order valence-electron chi connectivity index (χ2n) is 8.30. The number of nitrogens with zero attached hydrogens (tertiary/aromatic N) is 3. The second-order valence-corrected chi connectivity index (χ2v) is 8.30. The molecular weight excluding hydrogens is 438 g/mol. The number of nitrogens with one attached hydrogen (secondary N) is 2. The Morgan fingerprint density at radius 3 is 2.66 bits per heavy atom. The topological polar surface area (TPSA) is 92.8 Å². The van der Waals surface area contributed by atoms with Crippen molar-refractivity contribution in [3.63, 3.8) is 0 Å². The molecule has 0 atom stereocenters. The molecule has 0 saturated carbocycles. The van der Waals surface area contributed by atoms with E-state index in [0.29, 0.717) is 6.54 Å². The van der Waals surface area contributed by atoms with Crippen LogP contribution in [0.1, 0.15) is 11.3 Å². The molecule has 4 aromatic heterocycles. The summed E-state index contributed by atoms with van der Waals surface area (Å²) in [6.07, 6.45) is 5.64. The van der Waals surface area contributed by atoms with E-state index in [-0.39, 0.29) is 12.5 Å². The fourth-order valence-electron chi connectivity index (χ4n) is 4.08. The highest BCUT2D eigenvalue weighted by Gasteiger charge is 2.13. The van der Waals surface area contributed by atoms with E-state index in [1.165, 1.54) is 7.11 Å². The number of H-pyrrole nitrogens is 1. The van der Waals surface area contributed by atoms with E-state index in [1.54, 1.807) is 0 Å². The summed E-state index contributed by atoms with van der Waals surface area (Å²) in [6, 6.07) is 20.4. The van der Waals surface area contributed by atoms with Crippen LogP contribution in [-0.4, -0.2) is 39.6 Å². The number of hydrogen-bond acceptors (Lipinski definition) is 6. The molecule has 0 unspecified atom stereocenters. The molecule has 5 aromatic rings. The molecule has 35 heavy (non-hydrogen) atoms. The number of aryl methyl sites for hydroxylation is 1. The largest absolute Gasteiger partial charge is 0.468 e. The molecule has 4 heterocycles. The van der Waals surface area contributed by atoms with Gasteiger partial charge in [0.15, 0.2) is 0 Å². The fraction of sp³-hybridized carbons (Fsp3) is 0.143. The van der Waals surface area contributed by atoms with E-state index in [2.05, 4.69) is 49.3 Å². The van der Waals surface area contributed by atoms with E-state index < -0.39 is 0 Å². The summed E-state index contributed by atoms with van der Waals surface area (Å²) in [5.41, 5.74) is 8.57. The van der Waals surface area contributed by atoms with Crippen LogP contribution in [0, 0.1) is 6.92 Å². The van der Waals surface area contributed by atoms with Crippen molar-refractivity contribution in [1.82, 2.24) is 25.3 Å². The van der Waals surface area contributed by atoms with Crippen molar-refractivity contribution in [3.8, 4) is 33.6 Å². The van der Waals surface area contributed by atoms with Crippen LogP contribution in [-0.2, 0) is 16.1 Å². The number of rotatable bonds is 7. The molecule has 0 aliphatic carbocycles. The molecule has 0 saturated heterocycles. The van der Waals surface area contributed by atoms with E-state index in [4.69, 9.17) is 4.98 Å². The summed E-state index contributed by atoms with van der Waals surface area (Å²) >= 11 is 0. The summed E-state index contributed by atoms with van der Waals surface area (Å²) in [5, 5.41) is 4.13. The quantitative estimate of drug-likeness (QED) is 0.333. The zero-order chi connectivity index (χ0) is 24.2. The van der Waals surface area contributed by atoms with Gasteiger partial charge in [-0.1, -0.05) is 24.3 Å². The van der Waals surface area contributed by atoms with Gasteiger partial charge in [-0.3, -0.25) is 14.8 Å². The van der Waals surface area contributed by atoms with Crippen LogP contribution in [0.3, 0.4) is 0 Å². The van der Waals surface area contributed by atoms with Crippen LogP contribution in [0.4, 0.5) is 0 Å². The van der Waals surface area contributed by atoms with Gasteiger partial charge in [-0.2, -0.15) is 0 Å². The first-order valence-electron chi connectivity index (χ1n) is 11.3. The van der Waals surface area contributed by atoms with Crippen molar-refractivity contribution in [2.24, 2.45) is 0 Å². The van der Waals surface area contributed by atoms with Crippen LogP contribution in [0.25, 0.3) is 44.7 Å². The Bertz CT molecular complexity index is 1510. The third kappa shape index (κ3) is 4.95. The number of ether oxygens (including phenoxy) is 1. The van der Waals surface area contributed by atoms with E-state index in [9.17, 15) is 4.79 Å². The highest BCUT2D eigenvalue weighted by Crippen LogP contribution is 2.33. The standard InChI is InChI=1S/C28H25N5O2/c1-18-5-3-8-25(32-18)26-13-24(23-9-10-31-28(23)33-26)22-12-21(15-30-16-22)20-7-4-6-19(11-20)14-29-17-27(34)35-2/h3-13,15-16,29H,14,17H2,1-2H3,(H,31,33). The van der Waals surface area contributed by atoms with Gasteiger partial charge >= 0.3 is 5.97 Å². The maximum absolute atomic E-state index is 11.4. The molecule has 0 fully saturated rings. The maximum atomic E-state index is 11.4. The van der Waals surface area contributed by atoms with Crippen molar-refractivity contribution in [1.29, 1.82) is 0 Å². The number of benzene rings is 1. The predicted molar refractivity (Wildman–Crippen MR) is 136 cm³/mol. The minimum absolute atomic E-state index is 0.171. The molecule has 0 amide bonds. The lowest BCUT2D eigenvalue weighted by molar-refractivity contribution is -0.139. The number of pyridine rings is 3. The molecule has 0 radical (unpaired) electrons. The average Bonchev–Trinajstić information content (AvgIpc) is 3.37. The predicted octanol–water partition coefficient (Wildman–Crippen LogP) is 4.92. The zero-order valence-electron chi connectivity index (χ0n) is 19.6. The van der Waals surface area contributed by atoms with Crippen LogP contribution < -0.4 is 5.32 Å². The van der Waals surface area contributed by atoms with Crippen molar-refractivity contribution in [2.75, 3.05) is 13.7 Å². The van der Waals surface area contributed by atoms with Gasteiger partial charge in [0, 0.05) is 47.3 Å². The summed E-state index contributed by atoms with van der Waals surface area (Å²) in [6.45, 7) is 2.71. The van der Waals surface area contributed by atoms with E-state index >= 15 is 0 Å². The third-order valence-electron chi connectivity index (χ3n) is 5.82. The van der Waals surface area contributed by atoms with E-state index in [1.807, 2.05) is 61.9 Å². The van der Waals surface area contributed by atoms with Crippen LogP contribution in [0.5, 0.6) is 0 Å². The Balaban J connectivity index is 1.50. The van der Waals surface area contributed by atoms with Crippen molar-refractivity contribution in [3.05, 3.63) is 90.5 Å². The first-order valence-corrected chi connectivity index (χ1v) is 11.3. The van der Waals surface area contributed by atoms with Gasteiger partial charge in [0.25, 0.3) is 0 Å². The van der Waals surface area contributed by atoms with Gasteiger partial charge in [0.2, 0.25) is 0 Å². The first-order chi connectivity index (χ1) is 17.1. The Morgan fingerprint density at radius 2 is 1.80 bits per heavy atom.